The number of carbonyl (C=O) groups is 1. The number of nitrogens with one attached hydrogen (secondary N) is 3. The lowest BCUT2D eigenvalue weighted by Gasteiger charge is -2.30. The zero-order valence-electron chi connectivity index (χ0n) is 15.9. The van der Waals surface area contributed by atoms with E-state index in [-0.39, 0.29) is 11.9 Å². The fourth-order valence-electron chi connectivity index (χ4n) is 3.85. The third-order valence-electron chi connectivity index (χ3n) is 5.33. The van der Waals surface area contributed by atoms with Gasteiger partial charge in [0.2, 0.25) is 0 Å². The molecule has 1 fully saturated rings. The summed E-state index contributed by atoms with van der Waals surface area (Å²) in [6.07, 6.45) is 4.36. The van der Waals surface area contributed by atoms with Gasteiger partial charge in [-0.05, 0) is 17.7 Å². The highest BCUT2D eigenvalue weighted by atomic mass is 32.1. The molecule has 2 aromatic heterocycles. The third kappa shape index (κ3) is 3.68. The third-order valence-corrected chi connectivity index (χ3v) is 6.29. The smallest absolute Gasteiger partial charge is 0.275 e. The van der Waals surface area contributed by atoms with Gasteiger partial charge in [0, 0.05) is 49.9 Å². The number of nitrogens with zero attached hydrogens (tertiary/aromatic N) is 3. The van der Waals surface area contributed by atoms with Crippen molar-refractivity contribution >= 4 is 34.3 Å². The van der Waals surface area contributed by atoms with Crippen LogP contribution in [0, 0.1) is 0 Å². The van der Waals surface area contributed by atoms with E-state index in [0.29, 0.717) is 5.69 Å². The van der Waals surface area contributed by atoms with Gasteiger partial charge in [-0.1, -0.05) is 18.2 Å². The Morgan fingerprint density at radius 2 is 2.07 bits per heavy atom. The lowest BCUT2D eigenvalue weighted by atomic mass is 10.1. The summed E-state index contributed by atoms with van der Waals surface area (Å²) < 4.78 is 0. The van der Waals surface area contributed by atoms with Gasteiger partial charge in [-0.2, -0.15) is 0 Å². The van der Waals surface area contributed by atoms with Gasteiger partial charge in [0.25, 0.3) is 5.91 Å². The average molecular weight is 407 g/mol. The highest BCUT2D eigenvalue weighted by Gasteiger charge is 2.25. The Morgan fingerprint density at radius 3 is 2.93 bits per heavy atom. The van der Waals surface area contributed by atoms with E-state index in [1.165, 1.54) is 16.9 Å². The van der Waals surface area contributed by atoms with Crippen LogP contribution in [0.4, 0.5) is 17.1 Å². The van der Waals surface area contributed by atoms with Crippen LogP contribution in [0.3, 0.4) is 0 Å². The number of carbonyl (C=O) groups excluding carboxylic acids is 1. The van der Waals surface area contributed by atoms with Crippen molar-refractivity contribution in [1.29, 1.82) is 0 Å². The van der Waals surface area contributed by atoms with E-state index in [4.69, 9.17) is 0 Å². The van der Waals surface area contributed by atoms with Gasteiger partial charge < -0.3 is 20.9 Å². The molecule has 1 atom stereocenters. The van der Waals surface area contributed by atoms with Crippen molar-refractivity contribution in [3.05, 3.63) is 64.4 Å². The van der Waals surface area contributed by atoms with Crippen LogP contribution in [-0.2, 0) is 6.42 Å². The molecular formula is C21H22N6OS. The number of benzene rings is 1. The van der Waals surface area contributed by atoms with Gasteiger partial charge in [-0.25, -0.2) is 4.98 Å². The molecule has 7 nitrogen and oxygen atoms in total. The van der Waals surface area contributed by atoms with Crippen LogP contribution in [-0.4, -0.2) is 42.1 Å². The van der Waals surface area contributed by atoms with Crippen molar-refractivity contribution < 1.29 is 4.79 Å². The number of anilines is 3. The summed E-state index contributed by atoms with van der Waals surface area (Å²) in [5.41, 5.74) is 4.60. The normalized spacial score (nSPS) is 18.2. The van der Waals surface area contributed by atoms with Gasteiger partial charge in [0.1, 0.15) is 10.7 Å². The van der Waals surface area contributed by atoms with E-state index in [9.17, 15) is 4.79 Å². The van der Waals surface area contributed by atoms with E-state index in [2.05, 4.69) is 43.0 Å². The van der Waals surface area contributed by atoms with Crippen molar-refractivity contribution in [3.8, 4) is 0 Å². The van der Waals surface area contributed by atoms with E-state index in [1.54, 1.807) is 12.4 Å². The predicted octanol–water partition coefficient (Wildman–Crippen LogP) is 2.91. The Bertz CT molecular complexity index is 1000. The Labute approximate surface area is 173 Å². The molecule has 0 bridgehead atoms. The highest BCUT2D eigenvalue weighted by Crippen LogP contribution is 2.35. The molecule has 148 valence electrons. The van der Waals surface area contributed by atoms with E-state index in [0.717, 1.165) is 54.7 Å². The number of amides is 1. The second kappa shape index (κ2) is 7.81. The van der Waals surface area contributed by atoms with E-state index >= 15 is 0 Å². The van der Waals surface area contributed by atoms with Crippen LogP contribution in [0.1, 0.15) is 27.1 Å². The Balaban J connectivity index is 1.30. The molecule has 0 aliphatic carbocycles. The van der Waals surface area contributed by atoms with Crippen molar-refractivity contribution in [2.75, 3.05) is 41.7 Å². The zero-order chi connectivity index (χ0) is 19.6. The van der Waals surface area contributed by atoms with Crippen molar-refractivity contribution in [3.63, 3.8) is 0 Å². The van der Waals surface area contributed by atoms with Crippen LogP contribution in [0.5, 0.6) is 0 Å². The van der Waals surface area contributed by atoms with Crippen molar-refractivity contribution in [2.24, 2.45) is 0 Å². The largest absolute Gasteiger partial charge is 0.375 e. The van der Waals surface area contributed by atoms with Gasteiger partial charge in [0.05, 0.1) is 23.6 Å². The maximum absolute atomic E-state index is 12.8. The topological polar surface area (TPSA) is 82.2 Å². The molecule has 8 heteroatoms. The average Bonchev–Trinajstić information content (AvgIpc) is 3.42. The summed E-state index contributed by atoms with van der Waals surface area (Å²) in [4.78, 5) is 23.9. The predicted molar refractivity (Wildman–Crippen MR) is 116 cm³/mol. The number of piperazine rings is 1. The zero-order valence-corrected chi connectivity index (χ0v) is 16.7. The molecule has 5 rings (SSSR count). The van der Waals surface area contributed by atoms with Crippen molar-refractivity contribution in [2.45, 2.75) is 12.5 Å². The van der Waals surface area contributed by atoms with Crippen LogP contribution >= 0.6 is 11.3 Å². The fraction of sp³-hybridized carbons (Fsp3) is 0.286. The molecule has 4 heterocycles. The maximum Gasteiger partial charge on any atom is 0.275 e. The summed E-state index contributed by atoms with van der Waals surface area (Å²) in [6.45, 7) is 3.67. The van der Waals surface area contributed by atoms with Gasteiger partial charge >= 0.3 is 0 Å². The highest BCUT2D eigenvalue weighted by molar-refractivity contribution is 7.10. The molecule has 1 unspecified atom stereocenters. The van der Waals surface area contributed by atoms with Crippen LogP contribution in [0.25, 0.3) is 0 Å². The molecule has 1 saturated heterocycles. The number of hydrogen-bond donors (Lipinski definition) is 3. The number of thiazole rings is 1. The molecule has 1 aromatic carbocycles. The molecule has 3 N–H and O–H groups in total. The van der Waals surface area contributed by atoms with Crippen LogP contribution in [0.15, 0.2) is 48.1 Å². The first-order valence-corrected chi connectivity index (χ1v) is 10.7. The van der Waals surface area contributed by atoms with Crippen LogP contribution in [0.2, 0.25) is 0 Å². The summed E-state index contributed by atoms with van der Waals surface area (Å²) in [5, 5.41) is 12.6. The van der Waals surface area contributed by atoms with Gasteiger partial charge in [-0.3, -0.25) is 9.78 Å². The standard InChI is InChI=1S/C21H22N6OS/c28-20(25-17-12-23-6-5-19(17)27-9-7-22-8-10-27)18-13-29-21(26-18)16-11-14-3-1-2-4-15(14)24-16/h1-6,12-13,16,22,24H,7-11H2,(H,25,28). The number of rotatable bonds is 4. The summed E-state index contributed by atoms with van der Waals surface area (Å²) in [7, 11) is 0. The van der Waals surface area contributed by atoms with Crippen molar-refractivity contribution in [1.82, 2.24) is 15.3 Å². The fourth-order valence-corrected chi connectivity index (χ4v) is 4.70. The lowest BCUT2D eigenvalue weighted by Crippen LogP contribution is -2.43. The second-order valence-electron chi connectivity index (χ2n) is 7.21. The molecule has 0 radical (unpaired) electrons. The first-order valence-electron chi connectivity index (χ1n) is 9.79. The molecular weight excluding hydrogens is 384 g/mol. The Hall–Kier alpha value is -2.97. The first-order chi connectivity index (χ1) is 14.3. The number of hydrogen-bond acceptors (Lipinski definition) is 7. The van der Waals surface area contributed by atoms with Crippen LogP contribution < -0.4 is 20.9 Å². The maximum atomic E-state index is 12.8. The quantitative estimate of drug-likeness (QED) is 0.618. The minimum absolute atomic E-state index is 0.119. The van der Waals surface area contributed by atoms with Gasteiger partial charge in [-0.15, -0.1) is 11.3 Å². The van der Waals surface area contributed by atoms with E-state index < -0.39 is 0 Å². The molecule has 0 spiro atoms. The lowest BCUT2D eigenvalue weighted by molar-refractivity contribution is 0.102. The monoisotopic (exact) mass is 406 g/mol. The summed E-state index contributed by atoms with van der Waals surface area (Å²) >= 11 is 1.52. The SMILES string of the molecule is O=C(Nc1cnccc1N1CCNCC1)c1csc(C2Cc3ccccc3N2)n1. The Kier molecular flexibility index (Phi) is 4.87. The number of fused-ring (bicyclic) bond motifs is 1. The van der Waals surface area contributed by atoms with Gasteiger partial charge in [0.15, 0.2) is 0 Å². The number of aromatic nitrogens is 2. The molecule has 29 heavy (non-hydrogen) atoms. The molecule has 2 aliphatic heterocycles. The van der Waals surface area contributed by atoms with E-state index in [1.807, 2.05) is 23.6 Å². The minimum Gasteiger partial charge on any atom is -0.375 e. The molecule has 3 aromatic rings. The Morgan fingerprint density at radius 1 is 1.21 bits per heavy atom. The number of para-hydroxylation sites is 1. The first kappa shape index (κ1) is 18.1. The number of pyridine rings is 1. The summed E-state index contributed by atoms with van der Waals surface area (Å²) in [6, 6.07) is 10.4. The summed E-state index contributed by atoms with van der Waals surface area (Å²) in [5.74, 6) is -0.201. The second-order valence-corrected chi connectivity index (χ2v) is 8.10. The minimum atomic E-state index is -0.201. The molecule has 0 saturated carbocycles. The molecule has 1 amide bonds. The molecule has 2 aliphatic rings.